The number of amides is 3. The zero-order valence-corrected chi connectivity index (χ0v) is 36.6. The van der Waals surface area contributed by atoms with Crippen LogP contribution in [0.1, 0.15) is 80.7 Å². The first-order chi connectivity index (χ1) is 31.3. The fraction of sp³-hybridized carbons (Fsp3) is 0.360. The molecule has 5 atom stereocenters. The van der Waals surface area contributed by atoms with Gasteiger partial charge in [0.05, 0.1) is 55.8 Å². The van der Waals surface area contributed by atoms with Gasteiger partial charge >= 0.3 is 12.2 Å². The summed E-state index contributed by atoms with van der Waals surface area (Å²) in [5, 5.41) is 7.33. The van der Waals surface area contributed by atoms with E-state index in [2.05, 4.69) is 49.9 Å². The number of rotatable bonds is 10. The molecule has 3 aliphatic rings. The van der Waals surface area contributed by atoms with Gasteiger partial charge in [-0.25, -0.2) is 28.3 Å². The molecule has 2 aromatic heterocycles. The van der Waals surface area contributed by atoms with E-state index in [0.717, 1.165) is 55.5 Å². The minimum Gasteiger partial charge on any atom is -0.453 e. The van der Waals surface area contributed by atoms with E-state index >= 15 is 8.78 Å². The fourth-order valence-electron chi connectivity index (χ4n) is 9.90. The highest BCUT2D eigenvalue weighted by Crippen LogP contribution is 2.46. The Morgan fingerprint density at radius 3 is 2.15 bits per heavy atom. The van der Waals surface area contributed by atoms with Gasteiger partial charge in [0.15, 0.2) is 5.78 Å². The summed E-state index contributed by atoms with van der Waals surface area (Å²) in [5.41, 5.74) is 8.28. The Balaban J connectivity index is 0.916. The molecule has 0 spiro atoms. The van der Waals surface area contributed by atoms with E-state index in [1.54, 1.807) is 31.1 Å². The third-order valence-corrected chi connectivity index (χ3v) is 13.3. The van der Waals surface area contributed by atoms with Gasteiger partial charge in [-0.2, -0.15) is 0 Å². The van der Waals surface area contributed by atoms with E-state index in [1.165, 1.54) is 14.2 Å². The molecule has 2 aliphatic heterocycles. The summed E-state index contributed by atoms with van der Waals surface area (Å²) in [4.78, 5) is 70.1. The Hall–Kier alpha value is -6.90. The minimum absolute atomic E-state index is 0.180. The lowest BCUT2D eigenvalue weighted by molar-refractivity contribution is -0.127. The number of methoxy groups -OCH3 is 2. The summed E-state index contributed by atoms with van der Waals surface area (Å²) in [6.07, 6.45) is 3.33. The molecule has 9 rings (SSSR count). The number of hydrogen-bond donors (Lipinski definition) is 4. The van der Waals surface area contributed by atoms with Gasteiger partial charge in [0.25, 0.3) is 0 Å². The standard InChI is InChI=1S/C50H51F2N7O6/c1-27(2)42(58-49(63)65-4)44(60)36-9-6-20-50(51,52)24-37(36)45-53-26-40(55-45)34-17-16-32-21-31(14-15-33(32)22-34)28-10-12-29(13-11-28)39-25-54-46(56-39)41-23-35-8-5-7-30-18-19-38(57-48(62)64-3)47(61)59(41)43(30)35/h5,7-8,10-17,21-22,25-27,36-38,41-42H,6,9,18-20,23-24H2,1-4H3,(H,53,55)(H,54,56)(H,57,62)(H,58,63)/t36?,37-,38+,41+,42+/m1/s1. The number of ether oxygens (including phenoxy) is 2. The van der Waals surface area contributed by atoms with Gasteiger partial charge in [0, 0.05) is 36.7 Å². The summed E-state index contributed by atoms with van der Waals surface area (Å²) < 4.78 is 39.9. The highest BCUT2D eigenvalue weighted by molar-refractivity contribution is 6.02. The molecule has 1 fully saturated rings. The van der Waals surface area contributed by atoms with Gasteiger partial charge in [-0.15, -0.1) is 0 Å². The number of imidazole rings is 2. The number of fused-ring (bicyclic) bond motifs is 1. The maximum absolute atomic E-state index is 15.1. The van der Waals surface area contributed by atoms with Gasteiger partial charge in [-0.3, -0.25) is 14.5 Å². The number of halogens is 2. The van der Waals surface area contributed by atoms with Crippen molar-refractivity contribution in [1.29, 1.82) is 0 Å². The largest absolute Gasteiger partial charge is 0.453 e. The highest BCUT2D eigenvalue weighted by atomic mass is 19.3. The van der Waals surface area contributed by atoms with Crippen LogP contribution in [0.25, 0.3) is 44.4 Å². The number of H-pyrrole nitrogens is 2. The molecular weight excluding hydrogens is 833 g/mol. The summed E-state index contributed by atoms with van der Waals surface area (Å²) in [6, 6.07) is 24.5. The maximum Gasteiger partial charge on any atom is 0.407 e. The number of carbonyl (C=O) groups is 4. The average Bonchev–Trinajstić information content (AvgIpc) is 4.05. The predicted octanol–water partition coefficient (Wildman–Crippen LogP) is 9.45. The summed E-state index contributed by atoms with van der Waals surface area (Å²) >= 11 is 0. The van der Waals surface area contributed by atoms with E-state index in [0.29, 0.717) is 36.6 Å². The van der Waals surface area contributed by atoms with Crippen LogP contribution in [0, 0.1) is 11.8 Å². The van der Waals surface area contributed by atoms with Gasteiger partial charge < -0.3 is 30.1 Å². The number of hydrogen-bond acceptors (Lipinski definition) is 8. The van der Waals surface area contributed by atoms with Crippen LogP contribution in [-0.4, -0.2) is 76.0 Å². The van der Waals surface area contributed by atoms with Crippen LogP contribution in [0.4, 0.5) is 24.1 Å². The number of Topliss-reactive ketones (excluding diaryl/α,β-unsaturated/α-hetero) is 1. The summed E-state index contributed by atoms with van der Waals surface area (Å²) in [5.74, 6) is -4.40. The molecule has 13 nitrogen and oxygen atoms in total. The third kappa shape index (κ3) is 8.59. The molecule has 15 heteroatoms. The first-order valence-corrected chi connectivity index (χ1v) is 22.1. The smallest absolute Gasteiger partial charge is 0.407 e. The normalized spacial score (nSPS) is 20.7. The summed E-state index contributed by atoms with van der Waals surface area (Å²) in [7, 11) is 2.50. The zero-order chi connectivity index (χ0) is 45.6. The topological polar surface area (TPSA) is 171 Å². The number of carbonyl (C=O) groups excluding carboxylic acids is 4. The Kier molecular flexibility index (Phi) is 11.7. The van der Waals surface area contributed by atoms with Crippen molar-refractivity contribution in [2.75, 3.05) is 19.1 Å². The number of nitrogens with zero attached hydrogens (tertiary/aromatic N) is 3. The average molecular weight is 884 g/mol. The number of anilines is 1. The fourth-order valence-corrected chi connectivity index (χ4v) is 9.90. The first kappa shape index (κ1) is 43.4. The molecule has 4 aromatic carbocycles. The van der Waals surface area contributed by atoms with Crippen molar-refractivity contribution in [1.82, 2.24) is 30.6 Å². The van der Waals surface area contributed by atoms with Crippen LogP contribution in [0.3, 0.4) is 0 Å². The number of aromatic amines is 2. The Morgan fingerprint density at radius 1 is 0.800 bits per heavy atom. The number of benzene rings is 4. The second-order valence-electron chi connectivity index (χ2n) is 17.7. The quantitative estimate of drug-likeness (QED) is 0.0986. The highest BCUT2D eigenvalue weighted by Gasteiger charge is 2.46. The maximum atomic E-state index is 15.1. The van der Waals surface area contributed by atoms with E-state index in [-0.39, 0.29) is 42.9 Å². The molecule has 3 amide bonds. The Bertz CT molecular complexity index is 2780. The van der Waals surface area contributed by atoms with Gasteiger partial charge in [-0.1, -0.05) is 80.6 Å². The SMILES string of the molecule is COC(=O)N[C@H]1CCc2cccc3c2N(C1=O)[C@H](c1ncc(-c2ccc(-c4ccc5cc(-c6cnc([C@@H]7CC(F)(F)CCCC7C(=O)[C@@H](NC(=O)OC)C(C)C)[nH]6)ccc5c4)cc2)[nH]1)C3. The molecule has 4 heterocycles. The molecule has 0 bridgehead atoms. The van der Waals surface area contributed by atoms with Crippen molar-refractivity contribution in [3.8, 4) is 33.6 Å². The van der Waals surface area contributed by atoms with Crippen LogP contribution >= 0.6 is 0 Å². The van der Waals surface area contributed by atoms with E-state index in [9.17, 15) is 19.2 Å². The van der Waals surface area contributed by atoms with Crippen molar-refractivity contribution < 1.29 is 37.4 Å². The Labute approximate surface area is 374 Å². The van der Waals surface area contributed by atoms with Crippen molar-refractivity contribution in [2.24, 2.45) is 11.8 Å². The molecule has 0 saturated heterocycles. The van der Waals surface area contributed by atoms with Gasteiger partial charge in [0.1, 0.15) is 17.7 Å². The van der Waals surface area contributed by atoms with Crippen molar-refractivity contribution >= 4 is 40.3 Å². The van der Waals surface area contributed by atoms with Crippen molar-refractivity contribution in [3.05, 3.63) is 114 Å². The number of aromatic nitrogens is 4. The second kappa shape index (κ2) is 17.6. The second-order valence-corrected chi connectivity index (χ2v) is 17.7. The molecule has 4 N–H and O–H groups in total. The number of nitrogens with one attached hydrogen (secondary N) is 4. The van der Waals surface area contributed by atoms with Gasteiger partial charge in [0.2, 0.25) is 11.8 Å². The summed E-state index contributed by atoms with van der Waals surface area (Å²) in [6.45, 7) is 3.60. The molecule has 1 saturated carbocycles. The Morgan fingerprint density at radius 2 is 1.43 bits per heavy atom. The molecule has 1 aliphatic carbocycles. The minimum atomic E-state index is -2.97. The van der Waals surface area contributed by atoms with E-state index < -0.39 is 48.4 Å². The predicted molar refractivity (Wildman–Crippen MR) is 241 cm³/mol. The van der Waals surface area contributed by atoms with Crippen LogP contribution in [0.5, 0.6) is 0 Å². The zero-order valence-electron chi connectivity index (χ0n) is 36.6. The number of para-hydroxylation sites is 1. The van der Waals surface area contributed by atoms with E-state index in [4.69, 9.17) is 14.5 Å². The molecule has 336 valence electrons. The lowest BCUT2D eigenvalue weighted by Gasteiger charge is -2.29. The van der Waals surface area contributed by atoms with Gasteiger partial charge in [-0.05, 0) is 82.3 Å². The van der Waals surface area contributed by atoms with Crippen LogP contribution < -0.4 is 15.5 Å². The molecule has 0 radical (unpaired) electrons. The molecular formula is C50H51F2N7O6. The van der Waals surface area contributed by atoms with Crippen LogP contribution in [0.15, 0.2) is 91.3 Å². The molecule has 65 heavy (non-hydrogen) atoms. The lowest BCUT2D eigenvalue weighted by atomic mass is 9.79. The van der Waals surface area contributed by atoms with Crippen molar-refractivity contribution in [3.63, 3.8) is 0 Å². The molecule has 6 aromatic rings. The first-order valence-electron chi connectivity index (χ1n) is 22.1. The number of alkyl halides is 2. The third-order valence-electron chi connectivity index (χ3n) is 13.3. The lowest BCUT2D eigenvalue weighted by Crippen LogP contribution is -2.48. The number of alkyl carbamates (subject to hydrolysis) is 2. The van der Waals surface area contributed by atoms with Crippen molar-refractivity contribution in [2.45, 2.75) is 88.8 Å². The van der Waals surface area contributed by atoms with Crippen LogP contribution in [0.2, 0.25) is 0 Å². The van der Waals surface area contributed by atoms with Crippen LogP contribution in [-0.2, 0) is 31.9 Å². The number of aryl methyl sites for hydroxylation is 1. The number of ketones is 1. The van der Waals surface area contributed by atoms with E-state index in [1.807, 2.05) is 54.6 Å². The molecule has 1 unspecified atom stereocenters. The monoisotopic (exact) mass is 883 g/mol.